The van der Waals surface area contributed by atoms with Gasteiger partial charge in [-0.05, 0) is 17.7 Å². The van der Waals surface area contributed by atoms with E-state index >= 15 is 0 Å². The van der Waals surface area contributed by atoms with Crippen LogP contribution in [-0.4, -0.2) is 16.1 Å². The van der Waals surface area contributed by atoms with E-state index in [0.717, 1.165) is 0 Å². The Morgan fingerprint density at radius 1 is 1.75 bits per heavy atom. The number of aromatic carboxylic acids is 1. The van der Waals surface area contributed by atoms with Crippen molar-refractivity contribution in [2.45, 2.75) is 0 Å². The van der Waals surface area contributed by atoms with E-state index in [4.69, 9.17) is 10.4 Å². The Labute approximate surface area is 68.8 Å². The van der Waals surface area contributed by atoms with Crippen LogP contribution < -0.4 is 0 Å². The van der Waals surface area contributed by atoms with Gasteiger partial charge in [-0.2, -0.15) is 5.26 Å². The first-order valence-corrected chi connectivity index (χ1v) is 3.22. The van der Waals surface area contributed by atoms with Crippen LogP contribution >= 0.6 is 0 Å². The van der Waals surface area contributed by atoms with Crippen molar-refractivity contribution >= 4 is 12.0 Å². The molecule has 0 aromatic carbocycles. The molecule has 0 radical (unpaired) electrons. The van der Waals surface area contributed by atoms with Gasteiger partial charge in [-0.3, -0.25) is 0 Å². The van der Waals surface area contributed by atoms with Gasteiger partial charge in [0.2, 0.25) is 0 Å². The normalized spacial score (nSPS) is 9.92. The molecule has 1 heterocycles. The molecule has 4 heteroatoms. The minimum Gasteiger partial charge on any atom is -0.477 e. The lowest BCUT2D eigenvalue weighted by atomic mass is 10.3. The topological polar surface area (TPSA) is 76.9 Å². The minimum absolute atomic E-state index is 0.118. The molecular weight excluding hydrogens is 156 g/mol. The highest BCUT2D eigenvalue weighted by molar-refractivity contribution is 5.86. The van der Waals surface area contributed by atoms with Crippen LogP contribution in [0.3, 0.4) is 0 Å². The third-order valence-electron chi connectivity index (χ3n) is 1.29. The molecule has 60 valence electrons. The summed E-state index contributed by atoms with van der Waals surface area (Å²) in [6.45, 7) is 0. The first kappa shape index (κ1) is 8.08. The second-order valence-electron chi connectivity index (χ2n) is 2.11. The number of carboxylic acid groups (broad SMARTS) is 1. The number of nitriles is 1. The molecule has 0 spiro atoms. The van der Waals surface area contributed by atoms with Crippen molar-refractivity contribution in [3.8, 4) is 6.07 Å². The monoisotopic (exact) mass is 162 g/mol. The lowest BCUT2D eigenvalue weighted by molar-refractivity contribution is 0.0691. The van der Waals surface area contributed by atoms with E-state index in [-0.39, 0.29) is 5.69 Å². The zero-order valence-corrected chi connectivity index (χ0v) is 6.11. The van der Waals surface area contributed by atoms with Crippen LogP contribution in [0, 0.1) is 11.3 Å². The SMILES string of the molecule is N#CC=Cc1c[nH]c(C(=O)O)c1. The van der Waals surface area contributed by atoms with E-state index < -0.39 is 5.97 Å². The molecule has 0 aliphatic heterocycles. The first-order valence-electron chi connectivity index (χ1n) is 3.22. The molecule has 0 bridgehead atoms. The lowest BCUT2D eigenvalue weighted by Gasteiger charge is -1.81. The van der Waals surface area contributed by atoms with Crippen molar-refractivity contribution in [3.63, 3.8) is 0 Å². The van der Waals surface area contributed by atoms with Crippen LogP contribution in [0.5, 0.6) is 0 Å². The van der Waals surface area contributed by atoms with Gasteiger partial charge in [-0.15, -0.1) is 0 Å². The summed E-state index contributed by atoms with van der Waals surface area (Å²) >= 11 is 0. The van der Waals surface area contributed by atoms with E-state index in [2.05, 4.69) is 4.98 Å². The molecule has 12 heavy (non-hydrogen) atoms. The molecule has 1 rings (SSSR count). The van der Waals surface area contributed by atoms with Crippen LogP contribution in [-0.2, 0) is 0 Å². The summed E-state index contributed by atoms with van der Waals surface area (Å²) in [5.41, 5.74) is 0.793. The highest BCUT2D eigenvalue weighted by Crippen LogP contribution is 2.04. The predicted molar refractivity (Wildman–Crippen MR) is 42.4 cm³/mol. The Morgan fingerprint density at radius 3 is 3.00 bits per heavy atom. The average Bonchev–Trinajstić information content (AvgIpc) is 2.48. The van der Waals surface area contributed by atoms with Crippen LogP contribution in [0.4, 0.5) is 0 Å². The van der Waals surface area contributed by atoms with Gasteiger partial charge in [-0.25, -0.2) is 4.79 Å². The highest BCUT2D eigenvalue weighted by Gasteiger charge is 2.03. The fourth-order valence-corrected chi connectivity index (χ4v) is 0.764. The fourth-order valence-electron chi connectivity index (χ4n) is 0.764. The smallest absolute Gasteiger partial charge is 0.352 e. The molecule has 0 fully saturated rings. The van der Waals surface area contributed by atoms with Gasteiger partial charge in [0.05, 0.1) is 6.07 Å². The maximum Gasteiger partial charge on any atom is 0.352 e. The maximum absolute atomic E-state index is 10.4. The molecule has 0 atom stereocenters. The molecule has 0 saturated heterocycles. The Bertz CT molecular complexity index is 357. The number of allylic oxidation sites excluding steroid dienone is 1. The van der Waals surface area contributed by atoms with Gasteiger partial charge in [0, 0.05) is 12.3 Å². The van der Waals surface area contributed by atoms with Gasteiger partial charge in [0.25, 0.3) is 0 Å². The lowest BCUT2D eigenvalue weighted by Crippen LogP contribution is -1.94. The number of nitrogens with one attached hydrogen (secondary N) is 1. The summed E-state index contributed by atoms with van der Waals surface area (Å²) in [7, 11) is 0. The fraction of sp³-hybridized carbons (Fsp3) is 0. The summed E-state index contributed by atoms with van der Waals surface area (Å²) in [6, 6.07) is 3.27. The molecular formula is C8H6N2O2. The maximum atomic E-state index is 10.4. The second kappa shape index (κ2) is 3.39. The van der Waals surface area contributed by atoms with Gasteiger partial charge in [-0.1, -0.05) is 0 Å². The highest BCUT2D eigenvalue weighted by atomic mass is 16.4. The number of rotatable bonds is 2. The van der Waals surface area contributed by atoms with Crippen LogP contribution in [0.25, 0.3) is 6.08 Å². The molecule has 0 aliphatic carbocycles. The van der Waals surface area contributed by atoms with Crippen LogP contribution in [0.2, 0.25) is 0 Å². The molecule has 0 saturated carbocycles. The number of hydrogen-bond acceptors (Lipinski definition) is 2. The second-order valence-corrected chi connectivity index (χ2v) is 2.11. The predicted octanol–water partition coefficient (Wildman–Crippen LogP) is 1.25. The summed E-state index contributed by atoms with van der Waals surface area (Å²) in [6.07, 6.45) is 4.34. The van der Waals surface area contributed by atoms with Gasteiger partial charge in [0.1, 0.15) is 5.69 Å². The standard InChI is InChI=1S/C8H6N2O2/c9-3-1-2-6-4-7(8(11)12)10-5-6/h1-2,4-5,10H,(H,11,12). The van der Waals surface area contributed by atoms with E-state index in [9.17, 15) is 4.79 Å². The van der Waals surface area contributed by atoms with E-state index in [0.29, 0.717) is 5.56 Å². The summed E-state index contributed by atoms with van der Waals surface area (Å²) in [5, 5.41) is 16.7. The summed E-state index contributed by atoms with van der Waals surface area (Å²) in [4.78, 5) is 12.9. The van der Waals surface area contributed by atoms with Gasteiger partial charge >= 0.3 is 5.97 Å². The van der Waals surface area contributed by atoms with Crippen LogP contribution in [0.15, 0.2) is 18.3 Å². The molecule has 4 nitrogen and oxygen atoms in total. The number of carboxylic acids is 1. The number of aromatic nitrogens is 1. The Balaban J connectivity index is 2.86. The third-order valence-corrected chi connectivity index (χ3v) is 1.29. The van der Waals surface area contributed by atoms with Gasteiger partial charge < -0.3 is 10.1 Å². The van der Waals surface area contributed by atoms with E-state index in [1.165, 1.54) is 24.4 Å². The number of carbonyl (C=O) groups is 1. The molecule has 0 aliphatic rings. The zero-order chi connectivity index (χ0) is 8.97. The molecule has 2 N–H and O–H groups in total. The number of nitrogens with zero attached hydrogens (tertiary/aromatic N) is 1. The molecule has 1 aromatic heterocycles. The van der Waals surface area contributed by atoms with Crippen molar-refractivity contribution < 1.29 is 9.90 Å². The van der Waals surface area contributed by atoms with Gasteiger partial charge in [0.15, 0.2) is 0 Å². The number of aromatic amines is 1. The third kappa shape index (κ3) is 1.73. The molecule has 0 amide bonds. The zero-order valence-electron chi connectivity index (χ0n) is 6.11. The van der Waals surface area contributed by atoms with Crippen molar-refractivity contribution in [1.29, 1.82) is 5.26 Å². The summed E-state index contributed by atoms with van der Waals surface area (Å²) < 4.78 is 0. The van der Waals surface area contributed by atoms with E-state index in [1.807, 2.05) is 6.07 Å². The Hall–Kier alpha value is -2.02. The Kier molecular flexibility index (Phi) is 2.29. The molecule has 0 unspecified atom stereocenters. The van der Waals surface area contributed by atoms with Crippen LogP contribution in [0.1, 0.15) is 16.1 Å². The van der Waals surface area contributed by atoms with Crippen molar-refractivity contribution in [2.24, 2.45) is 0 Å². The number of H-pyrrole nitrogens is 1. The van der Waals surface area contributed by atoms with Crippen molar-refractivity contribution in [3.05, 3.63) is 29.6 Å². The first-order chi connectivity index (χ1) is 5.74. The van der Waals surface area contributed by atoms with Crippen molar-refractivity contribution in [1.82, 2.24) is 4.98 Å². The largest absolute Gasteiger partial charge is 0.477 e. The van der Waals surface area contributed by atoms with Crippen molar-refractivity contribution in [2.75, 3.05) is 0 Å². The quantitative estimate of drug-likeness (QED) is 0.642. The minimum atomic E-state index is -1.01. The molecule has 1 aromatic rings. The number of hydrogen-bond donors (Lipinski definition) is 2. The average molecular weight is 162 g/mol. The summed E-state index contributed by atoms with van der Waals surface area (Å²) in [5.74, 6) is -1.01. The Morgan fingerprint density at radius 2 is 2.50 bits per heavy atom. The van der Waals surface area contributed by atoms with E-state index in [1.54, 1.807) is 0 Å².